The predicted octanol–water partition coefficient (Wildman–Crippen LogP) is 1.02. The highest BCUT2D eigenvalue weighted by Crippen LogP contribution is 2.23. The van der Waals surface area contributed by atoms with Gasteiger partial charge in [-0.25, -0.2) is 0 Å². The molecule has 0 aliphatic carbocycles. The van der Waals surface area contributed by atoms with Crippen LogP contribution >= 0.6 is 0 Å². The Balaban J connectivity index is 3.42. The van der Waals surface area contributed by atoms with Gasteiger partial charge in [-0.15, -0.1) is 0 Å². The molecule has 64 valence electrons. The van der Waals surface area contributed by atoms with Gasteiger partial charge in [-0.05, 0) is 0 Å². The van der Waals surface area contributed by atoms with E-state index in [1.807, 2.05) is 12.1 Å². The lowest BCUT2D eigenvalue weighted by molar-refractivity contribution is 0.414. The number of benzene rings is 1. The molecular weight excluding hydrogens is 166 g/mol. The van der Waals surface area contributed by atoms with Gasteiger partial charge in [-0.1, -0.05) is 0 Å². The van der Waals surface area contributed by atoms with Crippen LogP contribution < -0.4 is 10.5 Å². The summed E-state index contributed by atoms with van der Waals surface area (Å²) in [7, 11) is 1.47. The predicted molar refractivity (Wildman–Crippen MR) is 46.8 cm³/mol. The van der Waals surface area contributed by atoms with E-state index in [0.29, 0.717) is 5.75 Å². The van der Waals surface area contributed by atoms with Gasteiger partial charge in [0.2, 0.25) is 0 Å². The summed E-state index contributed by atoms with van der Waals surface area (Å²) >= 11 is 0. The Morgan fingerprint density at radius 1 is 1.23 bits per heavy atom. The minimum atomic E-state index is 0.200. The molecule has 0 aromatic heterocycles. The van der Waals surface area contributed by atoms with E-state index in [-0.39, 0.29) is 16.8 Å². The summed E-state index contributed by atoms with van der Waals surface area (Å²) < 4.78 is 4.90. The normalized spacial score (nSPS) is 8.54. The quantitative estimate of drug-likeness (QED) is 0.642. The Morgan fingerprint density at radius 3 is 2.00 bits per heavy atom. The summed E-state index contributed by atoms with van der Waals surface area (Å²) in [6.07, 6.45) is 0. The summed E-state index contributed by atoms with van der Waals surface area (Å²) in [4.78, 5) is 0. The van der Waals surface area contributed by atoms with E-state index in [4.69, 9.17) is 21.0 Å². The number of nitriles is 2. The lowest BCUT2D eigenvalue weighted by Crippen LogP contribution is -1.96. The fourth-order valence-electron chi connectivity index (χ4n) is 0.930. The van der Waals surface area contributed by atoms with Crippen LogP contribution in [-0.4, -0.2) is 7.11 Å². The highest BCUT2D eigenvalue weighted by atomic mass is 16.5. The first kappa shape index (κ1) is 8.89. The first-order chi connectivity index (χ1) is 6.22. The second-order valence-electron chi connectivity index (χ2n) is 2.36. The van der Waals surface area contributed by atoms with E-state index in [1.54, 1.807) is 0 Å². The third kappa shape index (κ3) is 1.52. The van der Waals surface area contributed by atoms with Gasteiger partial charge < -0.3 is 10.5 Å². The maximum absolute atomic E-state index is 8.66. The highest BCUT2D eigenvalue weighted by Gasteiger charge is 2.07. The minimum Gasteiger partial charge on any atom is -0.497 e. The molecule has 0 fully saturated rings. The van der Waals surface area contributed by atoms with Crippen molar-refractivity contribution in [3.05, 3.63) is 23.3 Å². The number of rotatable bonds is 1. The lowest BCUT2D eigenvalue weighted by Gasteiger charge is -2.03. The molecule has 1 rings (SSSR count). The van der Waals surface area contributed by atoms with Crippen molar-refractivity contribution in [3.63, 3.8) is 0 Å². The summed E-state index contributed by atoms with van der Waals surface area (Å²) in [6, 6.07) is 6.77. The number of methoxy groups -OCH3 is 1. The first-order valence-electron chi connectivity index (χ1n) is 3.50. The van der Waals surface area contributed by atoms with Crippen molar-refractivity contribution in [3.8, 4) is 17.9 Å². The zero-order valence-corrected chi connectivity index (χ0v) is 7.03. The van der Waals surface area contributed by atoms with Crippen LogP contribution in [-0.2, 0) is 0 Å². The molecule has 0 amide bonds. The molecule has 0 radical (unpaired) electrons. The van der Waals surface area contributed by atoms with E-state index in [1.165, 1.54) is 19.2 Å². The molecule has 1 aromatic carbocycles. The van der Waals surface area contributed by atoms with Crippen LogP contribution in [0.5, 0.6) is 5.75 Å². The molecule has 0 unspecified atom stereocenters. The fraction of sp³-hybridized carbons (Fsp3) is 0.111. The summed E-state index contributed by atoms with van der Waals surface area (Å²) in [5.41, 5.74) is 6.25. The summed E-state index contributed by atoms with van der Waals surface area (Å²) in [5, 5.41) is 17.3. The number of nitrogens with two attached hydrogens (primary N) is 1. The number of nitrogen functional groups attached to an aromatic ring is 1. The molecule has 0 aliphatic heterocycles. The van der Waals surface area contributed by atoms with E-state index >= 15 is 0 Å². The Kier molecular flexibility index (Phi) is 2.37. The van der Waals surface area contributed by atoms with E-state index in [0.717, 1.165) is 0 Å². The largest absolute Gasteiger partial charge is 0.497 e. The molecule has 1 aromatic rings. The van der Waals surface area contributed by atoms with Crippen LogP contribution in [0.4, 0.5) is 5.69 Å². The third-order valence-electron chi connectivity index (χ3n) is 1.63. The molecule has 0 heterocycles. The van der Waals surface area contributed by atoms with Crippen LogP contribution in [0.15, 0.2) is 12.1 Å². The second kappa shape index (κ2) is 3.46. The summed E-state index contributed by atoms with van der Waals surface area (Å²) in [5.74, 6) is 0.460. The van der Waals surface area contributed by atoms with Crippen molar-refractivity contribution >= 4 is 5.69 Å². The van der Waals surface area contributed by atoms with Gasteiger partial charge in [-0.2, -0.15) is 10.5 Å². The van der Waals surface area contributed by atoms with Crippen LogP contribution in [0.3, 0.4) is 0 Å². The molecule has 4 heteroatoms. The highest BCUT2D eigenvalue weighted by molar-refractivity contribution is 5.66. The van der Waals surface area contributed by atoms with Gasteiger partial charge in [0.1, 0.15) is 17.9 Å². The number of anilines is 1. The monoisotopic (exact) mass is 173 g/mol. The van der Waals surface area contributed by atoms with Gasteiger partial charge >= 0.3 is 0 Å². The summed E-state index contributed by atoms with van der Waals surface area (Å²) in [6.45, 7) is 0. The topological polar surface area (TPSA) is 82.8 Å². The Hall–Kier alpha value is -2.20. The van der Waals surface area contributed by atoms with Crippen LogP contribution in [0.2, 0.25) is 0 Å². The van der Waals surface area contributed by atoms with Crippen LogP contribution in [0.25, 0.3) is 0 Å². The molecule has 4 nitrogen and oxygen atoms in total. The zero-order valence-electron chi connectivity index (χ0n) is 7.03. The van der Waals surface area contributed by atoms with Crippen molar-refractivity contribution < 1.29 is 4.74 Å². The average Bonchev–Trinajstić information content (AvgIpc) is 2.18. The third-order valence-corrected chi connectivity index (χ3v) is 1.63. The first-order valence-corrected chi connectivity index (χ1v) is 3.50. The minimum absolute atomic E-state index is 0.200. The molecular formula is C9H7N3O. The second-order valence-corrected chi connectivity index (χ2v) is 2.36. The van der Waals surface area contributed by atoms with Crippen LogP contribution in [0.1, 0.15) is 11.1 Å². The van der Waals surface area contributed by atoms with Gasteiger partial charge in [0, 0.05) is 12.1 Å². The molecule has 13 heavy (non-hydrogen) atoms. The smallest absolute Gasteiger partial charge is 0.121 e. The molecule has 0 bridgehead atoms. The van der Waals surface area contributed by atoms with Crippen LogP contribution in [0, 0.1) is 22.7 Å². The number of ether oxygens (including phenoxy) is 1. The number of nitrogens with zero attached hydrogens (tertiary/aromatic N) is 2. The van der Waals surface area contributed by atoms with Gasteiger partial charge in [0.15, 0.2) is 0 Å². The van der Waals surface area contributed by atoms with E-state index in [2.05, 4.69) is 0 Å². The number of hydrogen-bond donors (Lipinski definition) is 1. The molecule has 0 spiro atoms. The zero-order chi connectivity index (χ0) is 9.84. The molecule has 0 saturated carbocycles. The Morgan fingerprint density at radius 2 is 1.69 bits per heavy atom. The van der Waals surface area contributed by atoms with Crippen molar-refractivity contribution in [1.82, 2.24) is 0 Å². The number of hydrogen-bond acceptors (Lipinski definition) is 4. The maximum atomic E-state index is 8.66. The van der Waals surface area contributed by atoms with Crippen molar-refractivity contribution in [1.29, 1.82) is 10.5 Å². The molecule has 2 N–H and O–H groups in total. The van der Waals surface area contributed by atoms with Crippen molar-refractivity contribution in [2.75, 3.05) is 12.8 Å². The lowest BCUT2D eigenvalue weighted by atomic mass is 10.1. The molecule has 0 saturated heterocycles. The fourth-order valence-corrected chi connectivity index (χ4v) is 0.930. The SMILES string of the molecule is COc1cc(C#N)c(N)c(C#N)c1. The maximum Gasteiger partial charge on any atom is 0.121 e. The van der Waals surface area contributed by atoms with Crippen molar-refractivity contribution in [2.45, 2.75) is 0 Å². The molecule has 0 aliphatic rings. The van der Waals surface area contributed by atoms with E-state index in [9.17, 15) is 0 Å². The standard InChI is InChI=1S/C9H7N3O/c1-13-8-2-6(4-10)9(12)7(3-8)5-11/h2-3H,12H2,1H3. The van der Waals surface area contributed by atoms with E-state index < -0.39 is 0 Å². The molecule has 0 atom stereocenters. The van der Waals surface area contributed by atoms with Crippen molar-refractivity contribution in [2.24, 2.45) is 0 Å². The average molecular weight is 173 g/mol. The van der Waals surface area contributed by atoms with Gasteiger partial charge in [0.25, 0.3) is 0 Å². The Bertz CT molecular complexity index is 377. The Labute approximate surface area is 75.8 Å². The van der Waals surface area contributed by atoms with Gasteiger partial charge in [0.05, 0.1) is 23.9 Å². The van der Waals surface area contributed by atoms with Gasteiger partial charge in [-0.3, -0.25) is 0 Å².